The molecule has 4 heteroatoms. The van der Waals surface area contributed by atoms with Crippen LogP contribution in [0.25, 0.3) is 0 Å². The third-order valence-electron chi connectivity index (χ3n) is 3.63. The molecule has 4 nitrogen and oxygen atoms in total. The molecule has 0 heterocycles. The van der Waals surface area contributed by atoms with Gasteiger partial charge < -0.3 is 9.84 Å². The topological polar surface area (TPSA) is 63.6 Å². The Morgan fingerprint density at radius 2 is 1.78 bits per heavy atom. The summed E-state index contributed by atoms with van der Waals surface area (Å²) in [6.07, 6.45) is 0.512. The number of ketones is 1. The zero-order chi connectivity index (χ0) is 16.8. The molecular weight excluding hydrogens is 292 g/mol. The van der Waals surface area contributed by atoms with Gasteiger partial charge in [0, 0.05) is 5.56 Å². The maximum Gasteiger partial charge on any atom is 0.307 e. The van der Waals surface area contributed by atoms with Crippen LogP contribution in [0.5, 0.6) is 5.75 Å². The summed E-state index contributed by atoms with van der Waals surface area (Å²) in [7, 11) is 0. The molecule has 120 valence electrons. The highest BCUT2D eigenvalue weighted by atomic mass is 16.5. The number of rotatable bonds is 7. The van der Waals surface area contributed by atoms with Gasteiger partial charge in [-0.15, -0.1) is 0 Å². The molecule has 0 saturated carbocycles. The zero-order valence-electron chi connectivity index (χ0n) is 13.3. The van der Waals surface area contributed by atoms with Gasteiger partial charge in [-0.2, -0.15) is 0 Å². The second-order valence-corrected chi connectivity index (χ2v) is 5.37. The van der Waals surface area contributed by atoms with Crippen molar-refractivity contribution in [2.75, 3.05) is 0 Å². The Balaban J connectivity index is 2.33. The molecule has 0 aliphatic heterocycles. The Hall–Kier alpha value is -2.62. The van der Waals surface area contributed by atoms with Crippen LogP contribution in [0.4, 0.5) is 0 Å². The van der Waals surface area contributed by atoms with Gasteiger partial charge in [-0.3, -0.25) is 9.59 Å². The first kappa shape index (κ1) is 16.7. The number of carboxylic acid groups (broad SMARTS) is 1. The molecule has 0 aliphatic rings. The predicted octanol–water partition coefficient (Wildman–Crippen LogP) is 3.66. The van der Waals surface area contributed by atoms with Crippen LogP contribution in [-0.4, -0.2) is 16.9 Å². The van der Waals surface area contributed by atoms with E-state index in [-0.39, 0.29) is 12.2 Å². The van der Waals surface area contributed by atoms with Crippen LogP contribution < -0.4 is 4.74 Å². The van der Waals surface area contributed by atoms with E-state index in [1.165, 1.54) is 6.92 Å². The number of ether oxygens (including phenoxy) is 1. The minimum Gasteiger partial charge on any atom is -0.489 e. The number of benzene rings is 2. The van der Waals surface area contributed by atoms with E-state index in [1.807, 2.05) is 37.3 Å². The summed E-state index contributed by atoms with van der Waals surface area (Å²) >= 11 is 0. The standard InChI is InChI=1S/C19H20O4/c1-3-15-9-17(13(2)20)16(11-19(21)22)10-18(15)23-12-14-7-5-4-6-8-14/h4-10H,3,11-12H2,1-2H3,(H,21,22). The van der Waals surface area contributed by atoms with Gasteiger partial charge in [-0.05, 0) is 42.2 Å². The Bertz CT molecular complexity index is 705. The van der Waals surface area contributed by atoms with E-state index in [9.17, 15) is 9.59 Å². The fourth-order valence-electron chi connectivity index (χ4n) is 2.45. The first-order chi connectivity index (χ1) is 11.0. The van der Waals surface area contributed by atoms with E-state index >= 15 is 0 Å². The Labute approximate surface area is 135 Å². The number of hydrogen-bond acceptors (Lipinski definition) is 3. The number of aryl methyl sites for hydroxylation is 1. The van der Waals surface area contributed by atoms with Crippen molar-refractivity contribution in [2.45, 2.75) is 33.3 Å². The molecule has 0 amide bonds. The maximum atomic E-state index is 11.8. The SMILES string of the molecule is CCc1cc(C(C)=O)c(CC(=O)O)cc1OCc1ccccc1. The molecule has 0 bridgehead atoms. The predicted molar refractivity (Wildman–Crippen MR) is 87.9 cm³/mol. The van der Waals surface area contributed by atoms with Gasteiger partial charge in [-0.25, -0.2) is 0 Å². The lowest BCUT2D eigenvalue weighted by Gasteiger charge is -2.15. The Morgan fingerprint density at radius 3 is 2.35 bits per heavy atom. The lowest BCUT2D eigenvalue weighted by atomic mass is 9.97. The first-order valence-electron chi connectivity index (χ1n) is 7.56. The van der Waals surface area contributed by atoms with Crippen LogP contribution in [0.1, 0.15) is 40.9 Å². The molecule has 23 heavy (non-hydrogen) atoms. The number of carbonyl (C=O) groups is 2. The van der Waals surface area contributed by atoms with Crippen molar-refractivity contribution in [1.29, 1.82) is 0 Å². The molecule has 2 aromatic carbocycles. The van der Waals surface area contributed by atoms with Gasteiger partial charge in [0.2, 0.25) is 0 Å². The molecule has 0 unspecified atom stereocenters. The van der Waals surface area contributed by atoms with E-state index < -0.39 is 5.97 Å². The van der Waals surface area contributed by atoms with Crippen molar-refractivity contribution in [3.8, 4) is 5.75 Å². The number of aliphatic carboxylic acids is 1. The van der Waals surface area contributed by atoms with Gasteiger partial charge in [0.25, 0.3) is 0 Å². The molecule has 0 radical (unpaired) electrons. The fraction of sp³-hybridized carbons (Fsp3) is 0.263. The molecule has 0 saturated heterocycles. The van der Waals surface area contributed by atoms with Gasteiger partial charge >= 0.3 is 5.97 Å². The summed E-state index contributed by atoms with van der Waals surface area (Å²) in [6.45, 7) is 3.83. The monoisotopic (exact) mass is 312 g/mol. The highest BCUT2D eigenvalue weighted by molar-refractivity contribution is 5.97. The van der Waals surface area contributed by atoms with Gasteiger partial charge in [0.1, 0.15) is 12.4 Å². The summed E-state index contributed by atoms with van der Waals surface area (Å²) in [5.74, 6) is -0.464. The minimum absolute atomic E-state index is 0.134. The molecule has 0 aliphatic carbocycles. The Kier molecular flexibility index (Phi) is 5.52. The van der Waals surface area contributed by atoms with Crippen LogP contribution in [0.3, 0.4) is 0 Å². The van der Waals surface area contributed by atoms with Crippen molar-refractivity contribution >= 4 is 11.8 Å². The fourth-order valence-corrected chi connectivity index (χ4v) is 2.45. The average molecular weight is 312 g/mol. The first-order valence-corrected chi connectivity index (χ1v) is 7.56. The van der Waals surface area contributed by atoms with Gasteiger partial charge in [-0.1, -0.05) is 37.3 Å². The third kappa shape index (κ3) is 4.42. The van der Waals surface area contributed by atoms with Gasteiger partial charge in [0.05, 0.1) is 6.42 Å². The molecule has 1 N–H and O–H groups in total. The van der Waals surface area contributed by atoms with Crippen LogP contribution in [0.2, 0.25) is 0 Å². The number of hydrogen-bond donors (Lipinski definition) is 1. The number of Topliss-reactive ketones (excluding diaryl/α,β-unsaturated/α-hetero) is 1. The van der Waals surface area contributed by atoms with Crippen molar-refractivity contribution in [3.05, 3.63) is 64.7 Å². The third-order valence-corrected chi connectivity index (χ3v) is 3.63. The second kappa shape index (κ2) is 7.58. The van der Waals surface area contributed by atoms with Crippen LogP contribution >= 0.6 is 0 Å². The largest absolute Gasteiger partial charge is 0.489 e. The average Bonchev–Trinajstić information content (AvgIpc) is 2.53. The lowest BCUT2D eigenvalue weighted by molar-refractivity contribution is -0.136. The summed E-state index contributed by atoms with van der Waals surface area (Å²) in [5.41, 5.74) is 2.88. The van der Waals surface area contributed by atoms with Crippen molar-refractivity contribution in [2.24, 2.45) is 0 Å². The summed E-state index contributed by atoms with van der Waals surface area (Å²) < 4.78 is 5.87. The second-order valence-electron chi connectivity index (χ2n) is 5.37. The van der Waals surface area contributed by atoms with E-state index in [0.717, 1.165) is 11.1 Å². The summed E-state index contributed by atoms with van der Waals surface area (Å²) in [6, 6.07) is 13.2. The number of carbonyl (C=O) groups excluding carboxylic acids is 1. The van der Waals surface area contributed by atoms with E-state index in [0.29, 0.717) is 29.9 Å². The molecule has 0 spiro atoms. The van der Waals surface area contributed by atoms with Crippen molar-refractivity contribution < 1.29 is 19.4 Å². The molecule has 2 aromatic rings. The normalized spacial score (nSPS) is 10.3. The quantitative estimate of drug-likeness (QED) is 0.793. The highest BCUT2D eigenvalue weighted by Gasteiger charge is 2.15. The van der Waals surface area contributed by atoms with Crippen molar-refractivity contribution in [3.63, 3.8) is 0 Å². The number of carboxylic acids is 1. The molecule has 2 rings (SSSR count). The smallest absolute Gasteiger partial charge is 0.307 e. The van der Waals surface area contributed by atoms with Crippen molar-refractivity contribution in [1.82, 2.24) is 0 Å². The molecular formula is C19H20O4. The van der Waals surface area contributed by atoms with E-state index in [1.54, 1.807) is 12.1 Å². The van der Waals surface area contributed by atoms with Crippen LogP contribution in [0.15, 0.2) is 42.5 Å². The zero-order valence-corrected chi connectivity index (χ0v) is 13.3. The minimum atomic E-state index is -0.967. The van der Waals surface area contributed by atoms with Gasteiger partial charge in [0.15, 0.2) is 5.78 Å². The highest BCUT2D eigenvalue weighted by Crippen LogP contribution is 2.26. The van der Waals surface area contributed by atoms with E-state index in [4.69, 9.17) is 9.84 Å². The Morgan fingerprint density at radius 1 is 1.09 bits per heavy atom. The lowest BCUT2D eigenvalue weighted by Crippen LogP contribution is -2.09. The maximum absolute atomic E-state index is 11.8. The molecule has 0 aromatic heterocycles. The van der Waals surface area contributed by atoms with Crippen LogP contribution in [-0.2, 0) is 24.2 Å². The van der Waals surface area contributed by atoms with E-state index in [2.05, 4.69) is 0 Å². The van der Waals surface area contributed by atoms with Crippen LogP contribution in [0, 0.1) is 0 Å². The summed E-state index contributed by atoms with van der Waals surface area (Å²) in [5, 5.41) is 9.05. The summed E-state index contributed by atoms with van der Waals surface area (Å²) in [4.78, 5) is 22.8. The molecule has 0 atom stereocenters. The molecule has 0 fully saturated rings.